The van der Waals surface area contributed by atoms with Gasteiger partial charge in [-0.1, -0.05) is 45.0 Å². The molecule has 1 fully saturated rings. The summed E-state index contributed by atoms with van der Waals surface area (Å²) < 4.78 is 5.78. The minimum absolute atomic E-state index is 0.0147. The summed E-state index contributed by atoms with van der Waals surface area (Å²) in [6.45, 7) is 7.65. The SMILES string of the molecule is CCC(C)(C)c1ccc(C(Cl)C2CCCCO2)cc1. The van der Waals surface area contributed by atoms with Gasteiger partial charge in [-0.15, -0.1) is 11.6 Å². The molecule has 19 heavy (non-hydrogen) atoms. The fraction of sp³-hybridized carbons (Fsp3) is 0.647. The molecule has 1 aromatic rings. The molecule has 0 aliphatic carbocycles. The Balaban J connectivity index is 2.09. The Hall–Kier alpha value is -0.530. The molecule has 0 amide bonds. The van der Waals surface area contributed by atoms with Gasteiger partial charge in [0.15, 0.2) is 0 Å². The highest BCUT2D eigenvalue weighted by Gasteiger charge is 2.25. The van der Waals surface area contributed by atoms with Crippen molar-refractivity contribution in [1.29, 1.82) is 0 Å². The molecule has 0 N–H and O–H groups in total. The van der Waals surface area contributed by atoms with Crippen molar-refractivity contribution in [3.8, 4) is 0 Å². The highest BCUT2D eigenvalue weighted by Crippen LogP contribution is 2.33. The quantitative estimate of drug-likeness (QED) is 0.687. The number of halogens is 1. The maximum atomic E-state index is 6.56. The van der Waals surface area contributed by atoms with Crippen LogP contribution in [0.25, 0.3) is 0 Å². The van der Waals surface area contributed by atoms with E-state index in [0.29, 0.717) is 0 Å². The maximum absolute atomic E-state index is 6.56. The van der Waals surface area contributed by atoms with Gasteiger partial charge in [0, 0.05) is 6.61 Å². The third-order valence-corrected chi connectivity index (χ3v) is 4.97. The van der Waals surface area contributed by atoms with Gasteiger partial charge in [0.2, 0.25) is 0 Å². The summed E-state index contributed by atoms with van der Waals surface area (Å²) in [5.41, 5.74) is 2.80. The molecule has 1 heterocycles. The van der Waals surface area contributed by atoms with E-state index in [1.54, 1.807) is 0 Å². The van der Waals surface area contributed by atoms with Crippen LogP contribution >= 0.6 is 11.6 Å². The van der Waals surface area contributed by atoms with Crippen LogP contribution in [0.2, 0.25) is 0 Å². The van der Waals surface area contributed by atoms with Crippen LogP contribution in [0.4, 0.5) is 0 Å². The van der Waals surface area contributed by atoms with E-state index in [1.165, 1.54) is 24.0 Å². The van der Waals surface area contributed by atoms with Gasteiger partial charge in [0.05, 0.1) is 11.5 Å². The minimum atomic E-state index is -0.0147. The largest absolute Gasteiger partial charge is 0.376 e. The average molecular weight is 281 g/mol. The Labute approximate surface area is 122 Å². The van der Waals surface area contributed by atoms with Crippen molar-refractivity contribution in [1.82, 2.24) is 0 Å². The van der Waals surface area contributed by atoms with Crippen molar-refractivity contribution < 1.29 is 4.74 Å². The van der Waals surface area contributed by atoms with Gasteiger partial charge in [0.1, 0.15) is 0 Å². The lowest BCUT2D eigenvalue weighted by Gasteiger charge is -2.28. The van der Waals surface area contributed by atoms with Crippen molar-refractivity contribution in [2.75, 3.05) is 6.61 Å². The number of benzene rings is 1. The van der Waals surface area contributed by atoms with E-state index in [1.807, 2.05) is 0 Å². The van der Waals surface area contributed by atoms with Crippen LogP contribution in [0.1, 0.15) is 63.0 Å². The summed E-state index contributed by atoms with van der Waals surface area (Å²) in [5.74, 6) is 0. The number of rotatable bonds is 4. The van der Waals surface area contributed by atoms with E-state index in [2.05, 4.69) is 45.0 Å². The van der Waals surface area contributed by atoms with Gasteiger partial charge in [-0.3, -0.25) is 0 Å². The minimum Gasteiger partial charge on any atom is -0.376 e. The zero-order chi connectivity index (χ0) is 13.9. The van der Waals surface area contributed by atoms with Crippen molar-refractivity contribution in [2.24, 2.45) is 0 Å². The average Bonchev–Trinajstić information content (AvgIpc) is 2.47. The fourth-order valence-electron chi connectivity index (χ4n) is 2.53. The predicted molar refractivity (Wildman–Crippen MR) is 81.9 cm³/mol. The molecule has 2 atom stereocenters. The van der Waals surface area contributed by atoms with E-state index in [-0.39, 0.29) is 16.9 Å². The summed E-state index contributed by atoms with van der Waals surface area (Å²) >= 11 is 6.56. The molecule has 0 aromatic heterocycles. The first-order valence-electron chi connectivity index (χ1n) is 7.40. The van der Waals surface area contributed by atoms with Gasteiger partial charge in [-0.05, 0) is 42.2 Å². The summed E-state index contributed by atoms with van der Waals surface area (Å²) in [6, 6.07) is 8.78. The smallest absolute Gasteiger partial charge is 0.0847 e. The van der Waals surface area contributed by atoms with E-state index in [0.717, 1.165) is 19.4 Å². The van der Waals surface area contributed by atoms with Gasteiger partial charge >= 0.3 is 0 Å². The lowest BCUT2D eigenvalue weighted by molar-refractivity contribution is 0.0136. The number of ether oxygens (including phenoxy) is 1. The highest BCUT2D eigenvalue weighted by atomic mass is 35.5. The molecule has 2 unspecified atom stereocenters. The molecule has 1 nitrogen and oxygen atoms in total. The predicted octanol–water partition coefficient (Wildman–Crippen LogP) is 5.22. The van der Waals surface area contributed by atoms with E-state index >= 15 is 0 Å². The standard InChI is InChI=1S/C17H25ClO/c1-4-17(2,3)14-10-8-13(9-11-14)16(18)15-7-5-6-12-19-15/h8-11,15-16H,4-7,12H2,1-3H3. The fourth-order valence-corrected chi connectivity index (χ4v) is 2.88. The Morgan fingerprint density at radius 2 is 1.95 bits per heavy atom. The van der Waals surface area contributed by atoms with Gasteiger partial charge in [0.25, 0.3) is 0 Å². The molecular weight excluding hydrogens is 256 g/mol. The van der Waals surface area contributed by atoms with Crippen molar-refractivity contribution >= 4 is 11.6 Å². The lowest BCUT2D eigenvalue weighted by Crippen LogP contribution is -2.23. The molecule has 1 aromatic carbocycles. The topological polar surface area (TPSA) is 9.23 Å². The zero-order valence-electron chi connectivity index (χ0n) is 12.3. The second-order valence-electron chi connectivity index (χ2n) is 6.17. The molecule has 0 saturated carbocycles. The number of alkyl halides is 1. The molecule has 0 radical (unpaired) electrons. The summed E-state index contributed by atoms with van der Waals surface area (Å²) in [5, 5.41) is -0.0147. The zero-order valence-corrected chi connectivity index (χ0v) is 13.0. The molecule has 1 saturated heterocycles. The van der Waals surface area contributed by atoms with Crippen LogP contribution in [-0.4, -0.2) is 12.7 Å². The second kappa shape index (κ2) is 6.28. The molecular formula is C17H25ClO. The normalized spacial score (nSPS) is 22.2. The van der Waals surface area contributed by atoms with Gasteiger partial charge in [-0.25, -0.2) is 0 Å². The summed E-state index contributed by atoms with van der Waals surface area (Å²) in [4.78, 5) is 0. The molecule has 2 heteroatoms. The van der Waals surface area contributed by atoms with Gasteiger partial charge < -0.3 is 4.74 Å². The Kier molecular flexibility index (Phi) is 4.92. The second-order valence-corrected chi connectivity index (χ2v) is 6.64. The van der Waals surface area contributed by atoms with Crippen LogP contribution in [-0.2, 0) is 10.2 Å². The molecule has 1 aliphatic rings. The summed E-state index contributed by atoms with van der Waals surface area (Å²) in [6.07, 6.45) is 4.80. The first-order valence-corrected chi connectivity index (χ1v) is 7.84. The van der Waals surface area contributed by atoms with Crippen molar-refractivity contribution in [2.45, 2.75) is 63.4 Å². The summed E-state index contributed by atoms with van der Waals surface area (Å²) in [7, 11) is 0. The van der Waals surface area contributed by atoms with Crippen molar-refractivity contribution in [3.63, 3.8) is 0 Å². The molecule has 0 spiro atoms. The Morgan fingerprint density at radius 3 is 2.47 bits per heavy atom. The number of hydrogen-bond donors (Lipinski definition) is 0. The highest BCUT2D eigenvalue weighted by molar-refractivity contribution is 6.21. The van der Waals surface area contributed by atoms with Crippen LogP contribution in [0.5, 0.6) is 0 Å². The van der Waals surface area contributed by atoms with E-state index in [4.69, 9.17) is 16.3 Å². The van der Waals surface area contributed by atoms with Crippen LogP contribution in [0.3, 0.4) is 0 Å². The maximum Gasteiger partial charge on any atom is 0.0847 e. The third-order valence-electron chi connectivity index (χ3n) is 4.44. The van der Waals surface area contributed by atoms with Crippen molar-refractivity contribution in [3.05, 3.63) is 35.4 Å². The molecule has 1 aliphatic heterocycles. The Morgan fingerprint density at radius 1 is 1.26 bits per heavy atom. The molecule has 2 rings (SSSR count). The Bertz CT molecular complexity index is 390. The van der Waals surface area contributed by atoms with Crippen LogP contribution in [0, 0.1) is 0 Å². The van der Waals surface area contributed by atoms with E-state index in [9.17, 15) is 0 Å². The first-order chi connectivity index (χ1) is 9.04. The van der Waals surface area contributed by atoms with Crippen LogP contribution in [0.15, 0.2) is 24.3 Å². The third kappa shape index (κ3) is 3.52. The monoisotopic (exact) mass is 280 g/mol. The number of hydrogen-bond acceptors (Lipinski definition) is 1. The molecule has 0 bridgehead atoms. The first kappa shape index (κ1) is 14.9. The lowest BCUT2D eigenvalue weighted by atomic mass is 9.82. The van der Waals surface area contributed by atoms with Crippen LogP contribution < -0.4 is 0 Å². The molecule has 106 valence electrons. The van der Waals surface area contributed by atoms with E-state index < -0.39 is 0 Å². The van der Waals surface area contributed by atoms with Gasteiger partial charge in [-0.2, -0.15) is 0 Å².